The summed E-state index contributed by atoms with van der Waals surface area (Å²) in [5.41, 5.74) is 1.62. The maximum absolute atomic E-state index is 14.2. The van der Waals surface area contributed by atoms with E-state index in [0.29, 0.717) is 17.9 Å². The summed E-state index contributed by atoms with van der Waals surface area (Å²) in [7, 11) is 1.40. The number of fused-ring (bicyclic) bond motifs is 1. The molecule has 1 aliphatic rings. The molecule has 0 unspecified atom stereocenters. The Hall–Kier alpha value is -2.63. The number of nitrogens with zero attached hydrogens (tertiary/aromatic N) is 2. The van der Waals surface area contributed by atoms with Gasteiger partial charge in [-0.3, -0.25) is 10.1 Å². The molecule has 1 heterocycles. The first-order chi connectivity index (χ1) is 10.9. The maximum Gasteiger partial charge on any atom is 0.292 e. The van der Waals surface area contributed by atoms with Crippen LogP contribution in [0, 0.1) is 15.9 Å². The number of para-hydroxylation sites is 2. The molecule has 0 saturated carbocycles. The number of ether oxygens (including phenoxy) is 1. The van der Waals surface area contributed by atoms with E-state index in [1.165, 1.54) is 19.2 Å². The summed E-state index contributed by atoms with van der Waals surface area (Å²) in [5, 5.41) is 11.3. The average Bonchev–Trinajstić information content (AvgIpc) is 2.78. The van der Waals surface area contributed by atoms with Crippen LogP contribution in [-0.4, -0.2) is 18.6 Å². The number of hydrogen-bond acceptors (Lipinski definition) is 4. The van der Waals surface area contributed by atoms with Crippen LogP contribution in [0.15, 0.2) is 36.4 Å². The van der Waals surface area contributed by atoms with Crippen LogP contribution in [-0.2, 0) is 5.41 Å². The van der Waals surface area contributed by atoms with E-state index >= 15 is 0 Å². The predicted octanol–water partition coefficient (Wildman–Crippen LogP) is 4.17. The molecule has 1 aliphatic heterocycles. The minimum absolute atomic E-state index is 0.0116. The van der Waals surface area contributed by atoms with Crippen LogP contribution < -0.4 is 9.64 Å². The van der Waals surface area contributed by atoms with Gasteiger partial charge in [-0.1, -0.05) is 32.0 Å². The molecule has 6 heteroatoms. The van der Waals surface area contributed by atoms with E-state index < -0.39 is 10.7 Å². The summed E-state index contributed by atoms with van der Waals surface area (Å²) in [6.45, 7) is 4.56. The van der Waals surface area contributed by atoms with Gasteiger partial charge in [0.25, 0.3) is 5.69 Å². The molecule has 0 atom stereocenters. The first-order valence-corrected chi connectivity index (χ1v) is 7.25. The Kier molecular flexibility index (Phi) is 3.47. The zero-order valence-corrected chi connectivity index (χ0v) is 13.2. The Morgan fingerprint density at radius 3 is 2.61 bits per heavy atom. The Balaban J connectivity index is 2.27. The maximum atomic E-state index is 14.2. The second-order valence-corrected chi connectivity index (χ2v) is 6.19. The van der Waals surface area contributed by atoms with Gasteiger partial charge in [-0.25, -0.2) is 4.39 Å². The van der Waals surface area contributed by atoms with E-state index in [9.17, 15) is 14.5 Å². The van der Waals surface area contributed by atoms with Gasteiger partial charge in [-0.05, 0) is 17.7 Å². The SMILES string of the molecule is COc1c(F)ccc2c1N(c1ccccc1[N+](=O)[O-])CC2(C)C. The van der Waals surface area contributed by atoms with E-state index in [-0.39, 0.29) is 16.9 Å². The van der Waals surface area contributed by atoms with Crippen molar-refractivity contribution in [3.8, 4) is 5.75 Å². The number of halogens is 1. The van der Waals surface area contributed by atoms with Crippen molar-refractivity contribution in [1.29, 1.82) is 0 Å². The smallest absolute Gasteiger partial charge is 0.292 e. The van der Waals surface area contributed by atoms with E-state index in [1.54, 1.807) is 29.2 Å². The molecule has 0 spiro atoms. The molecule has 0 radical (unpaired) electrons. The Morgan fingerprint density at radius 2 is 1.96 bits per heavy atom. The fourth-order valence-electron chi connectivity index (χ4n) is 3.17. The number of rotatable bonds is 3. The van der Waals surface area contributed by atoms with Crippen molar-refractivity contribution in [3.63, 3.8) is 0 Å². The molecule has 2 aromatic carbocycles. The van der Waals surface area contributed by atoms with Crippen LogP contribution in [0.4, 0.5) is 21.5 Å². The number of hydrogen-bond donors (Lipinski definition) is 0. The Labute approximate surface area is 133 Å². The standard InChI is InChI=1S/C17H17FN2O3/c1-17(2)10-19(13-6-4-5-7-14(13)20(21)22)15-11(17)8-9-12(18)16(15)23-3/h4-9H,10H2,1-3H3. The van der Waals surface area contributed by atoms with Gasteiger partial charge in [-0.2, -0.15) is 0 Å². The van der Waals surface area contributed by atoms with Gasteiger partial charge in [0, 0.05) is 18.0 Å². The molecule has 23 heavy (non-hydrogen) atoms. The minimum Gasteiger partial charge on any atom is -0.492 e. The molecule has 5 nitrogen and oxygen atoms in total. The minimum atomic E-state index is -0.479. The van der Waals surface area contributed by atoms with Crippen LogP contribution in [0.5, 0.6) is 5.75 Å². The van der Waals surface area contributed by atoms with Crippen molar-refractivity contribution in [1.82, 2.24) is 0 Å². The molecule has 0 fully saturated rings. The molecule has 0 saturated heterocycles. The second-order valence-electron chi connectivity index (χ2n) is 6.19. The summed E-state index contributed by atoms with van der Waals surface area (Å²) in [5.74, 6) is -0.362. The first-order valence-electron chi connectivity index (χ1n) is 7.25. The van der Waals surface area contributed by atoms with Crippen LogP contribution in [0.2, 0.25) is 0 Å². The van der Waals surface area contributed by atoms with E-state index in [1.807, 2.05) is 13.8 Å². The lowest BCUT2D eigenvalue weighted by Gasteiger charge is -2.23. The van der Waals surface area contributed by atoms with Crippen LogP contribution in [0.3, 0.4) is 0 Å². The van der Waals surface area contributed by atoms with Gasteiger partial charge in [-0.15, -0.1) is 0 Å². The van der Waals surface area contributed by atoms with Crippen molar-refractivity contribution in [2.24, 2.45) is 0 Å². The average molecular weight is 316 g/mol. The molecule has 0 aromatic heterocycles. The van der Waals surface area contributed by atoms with Crippen molar-refractivity contribution in [2.75, 3.05) is 18.6 Å². The molecule has 0 N–H and O–H groups in total. The van der Waals surface area contributed by atoms with Gasteiger partial charge in [0.1, 0.15) is 5.69 Å². The molecule has 0 amide bonds. The third-order valence-corrected chi connectivity index (χ3v) is 4.21. The van der Waals surface area contributed by atoms with Crippen LogP contribution in [0.25, 0.3) is 0 Å². The monoisotopic (exact) mass is 316 g/mol. The molecule has 3 rings (SSSR count). The highest BCUT2D eigenvalue weighted by molar-refractivity contribution is 5.82. The Morgan fingerprint density at radius 1 is 1.26 bits per heavy atom. The summed E-state index contributed by atoms with van der Waals surface area (Å²) >= 11 is 0. The molecule has 2 aromatic rings. The summed E-state index contributed by atoms with van der Waals surface area (Å²) in [4.78, 5) is 12.7. The number of methoxy groups -OCH3 is 1. The lowest BCUT2D eigenvalue weighted by atomic mass is 9.87. The summed E-state index contributed by atoms with van der Waals surface area (Å²) in [6, 6.07) is 9.58. The van der Waals surface area contributed by atoms with Gasteiger partial charge in [0.2, 0.25) is 0 Å². The highest BCUT2D eigenvalue weighted by atomic mass is 19.1. The molecule has 0 aliphatic carbocycles. The van der Waals surface area contributed by atoms with Crippen molar-refractivity contribution in [3.05, 3.63) is 57.9 Å². The molecular formula is C17H17FN2O3. The number of nitro groups is 1. The largest absolute Gasteiger partial charge is 0.492 e. The summed E-state index contributed by atoms with van der Waals surface area (Å²) in [6.07, 6.45) is 0. The Bertz CT molecular complexity index is 789. The predicted molar refractivity (Wildman–Crippen MR) is 86.1 cm³/mol. The van der Waals surface area contributed by atoms with Gasteiger partial charge in [0.15, 0.2) is 11.6 Å². The van der Waals surface area contributed by atoms with E-state index in [2.05, 4.69) is 0 Å². The van der Waals surface area contributed by atoms with Crippen molar-refractivity contribution in [2.45, 2.75) is 19.3 Å². The molecule has 0 bridgehead atoms. The lowest BCUT2D eigenvalue weighted by Crippen LogP contribution is -2.25. The van der Waals surface area contributed by atoms with Gasteiger partial charge >= 0.3 is 0 Å². The third-order valence-electron chi connectivity index (χ3n) is 4.21. The number of benzene rings is 2. The highest BCUT2D eigenvalue weighted by Gasteiger charge is 2.40. The topological polar surface area (TPSA) is 55.6 Å². The van der Waals surface area contributed by atoms with Crippen LogP contribution in [0.1, 0.15) is 19.4 Å². The normalized spacial score (nSPS) is 15.4. The van der Waals surface area contributed by atoms with Crippen molar-refractivity contribution < 1.29 is 14.1 Å². The third kappa shape index (κ3) is 2.30. The second kappa shape index (κ2) is 5.22. The molecular weight excluding hydrogens is 299 g/mol. The zero-order valence-electron chi connectivity index (χ0n) is 13.2. The fourth-order valence-corrected chi connectivity index (χ4v) is 3.17. The lowest BCUT2D eigenvalue weighted by molar-refractivity contribution is -0.384. The molecule has 120 valence electrons. The van der Waals surface area contributed by atoms with Gasteiger partial charge < -0.3 is 9.64 Å². The number of nitro benzene ring substituents is 1. The van der Waals surface area contributed by atoms with E-state index in [0.717, 1.165) is 5.56 Å². The zero-order chi connectivity index (χ0) is 16.8. The fraction of sp³-hybridized carbons (Fsp3) is 0.294. The first kappa shape index (κ1) is 15.3. The number of anilines is 2. The van der Waals surface area contributed by atoms with Crippen LogP contribution >= 0.6 is 0 Å². The van der Waals surface area contributed by atoms with Gasteiger partial charge in [0.05, 0.1) is 17.7 Å². The van der Waals surface area contributed by atoms with Crippen molar-refractivity contribution >= 4 is 17.1 Å². The van der Waals surface area contributed by atoms with E-state index in [4.69, 9.17) is 4.74 Å². The highest BCUT2D eigenvalue weighted by Crippen LogP contribution is 2.51. The quantitative estimate of drug-likeness (QED) is 0.630. The summed E-state index contributed by atoms with van der Waals surface area (Å²) < 4.78 is 19.4.